The van der Waals surface area contributed by atoms with E-state index in [0.29, 0.717) is 11.8 Å². The highest BCUT2D eigenvalue weighted by Crippen LogP contribution is 2.09. The van der Waals surface area contributed by atoms with Crippen molar-refractivity contribution >= 4 is 11.6 Å². The van der Waals surface area contributed by atoms with Crippen LogP contribution in [0.25, 0.3) is 0 Å². The zero-order chi connectivity index (χ0) is 13.8. The van der Waals surface area contributed by atoms with Gasteiger partial charge in [-0.3, -0.25) is 4.79 Å². The van der Waals surface area contributed by atoms with Crippen molar-refractivity contribution in [2.75, 3.05) is 5.73 Å². The molecule has 0 aromatic heterocycles. The molecule has 2 aromatic rings. The van der Waals surface area contributed by atoms with E-state index in [1.54, 1.807) is 24.3 Å². The fourth-order valence-electron chi connectivity index (χ4n) is 1.67. The topological polar surface area (TPSA) is 55.1 Å². The van der Waals surface area contributed by atoms with Gasteiger partial charge in [0.05, 0.1) is 0 Å². The summed E-state index contributed by atoms with van der Waals surface area (Å²) in [5.41, 5.74) is 6.95. The Hall–Kier alpha value is -2.43. The van der Waals surface area contributed by atoms with Crippen LogP contribution in [0.3, 0.4) is 0 Å². The number of carbonyl (C=O) groups excluding carboxylic acids is 1. The first-order valence-corrected chi connectivity index (χ1v) is 5.63. The first kappa shape index (κ1) is 13.0. The molecule has 3 nitrogen and oxygen atoms in total. The number of nitrogen functional groups attached to an aromatic ring is 1. The smallest absolute Gasteiger partial charge is 0.251 e. The average Bonchev–Trinajstić information content (AvgIpc) is 2.35. The minimum Gasteiger partial charge on any atom is -0.399 e. The Balaban J connectivity index is 2.05. The molecule has 1 amide bonds. The molecule has 0 heterocycles. The maximum absolute atomic E-state index is 13.0. The van der Waals surface area contributed by atoms with E-state index in [1.165, 1.54) is 0 Å². The molecule has 0 atom stereocenters. The molecular formula is C14H12F2N2O. The minimum absolute atomic E-state index is 0.0543. The van der Waals surface area contributed by atoms with Crippen LogP contribution in [0.15, 0.2) is 42.5 Å². The molecule has 0 spiro atoms. The lowest BCUT2D eigenvalue weighted by Crippen LogP contribution is -2.23. The van der Waals surface area contributed by atoms with E-state index in [9.17, 15) is 13.6 Å². The molecule has 0 fully saturated rings. The van der Waals surface area contributed by atoms with Crippen LogP contribution in [-0.2, 0) is 6.54 Å². The van der Waals surface area contributed by atoms with E-state index in [4.69, 9.17) is 5.73 Å². The van der Waals surface area contributed by atoms with Gasteiger partial charge in [0.25, 0.3) is 5.91 Å². The van der Waals surface area contributed by atoms with Crippen molar-refractivity contribution in [3.05, 3.63) is 65.2 Å². The van der Waals surface area contributed by atoms with Gasteiger partial charge in [0, 0.05) is 23.9 Å². The molecule has 0 bridgehead atoms. The van der Waals surface area contributed by atoms with Gasteiger partial charge in [0.1, 0.15) is 11.6 Å². The van der Waals surface area contributed by atoms with Gasteiger partial charge in [0.2, 0.25) is 0 Å². The lowest BCUT2D eigenvalue weighted by Gasteiger charge is -2.06. The van der Waals surface area contributed by atoms with Gasteiger partial charge in [-0.25, -0.2) is 8.78 Å². The summed E-state index contributed by atoms with van der Waals surface area (Å²) in [6, 6.07) is 9.69. The van der Waals surface area contributed by atoms with E-state index in [0.717, 1.165) is 17.7 Å². The number of halogens is 2. The third-order valence-electron chi connectivity index (χ3n) is 2.53. The standard InChI is InChI=1S/C14H12F2N2O/c15-11-5-10(6-12(16)7-11)14(19)18-8-9-2-1-3-13(17)4-9/h1-7H,8,17H2,(H,18,19). The fourth-order valence-corrected chi connectivity index (χ4v) is 1.67. The number of carbonyl (C=O) groups is 1. The van der Waals surface area contributed by atoms with Crippen LogP contribution in [-0.4, -0.2) is 5.91 Å². The lowest BCUT2D eigenvalue weighted by atomic mass is 10.1. The van der Waals surface area contributed by atoms with Gasteiger partial charge in [-0.15, -0.1) is 0 Å². The maximum Gasteiger partial charge on any atom is 0.251 e. The number of benzene rings is 2. The third kappa shape index (κ3) is 3.51. The highest BCUT2D eigenvalue weighted by atomic mass is 19.1. The molecule has 0 aliphatic rings. The molecule has 0 unspecified atom stereocenters. The molecule has 5 heteroatoms. The lowest BCUT2D eigenvalue weighted by molar-refractivity contribution is 0.0950. The van der Waals surface area contributed by atoms with Crippen molar-refractivity contribution in [3.63, 3.8) is 0 Å². The molecule has 0 radical (unpaired) electrons. The molecular weight excluding hydrogens is 250 g/mol. The molecule has 2 aromatic carbocycles. The molecule has 19 heavy (non-hydrogen) atoms. The summed E-state index contributed by atoms with van der Waals surface area (Å²) >= 11 is 0. The number of amides is 1. The van der Waals surface area contributed by atoms with E-state index < -0.39 is 17.5 Å². The second-order valence-electron chi connectivity index (χ2n) is 4.09. The number of nitrogens with two attached hydrogens (primary N) is 1. The molecule has 0 saturated carbocycles. The maximum atomic E-state index is 13.0. The quantitative estimate of drug-likeness (QED) is 0.835. The number of hydrogen-bond donors (Lipinski definition) is 2. The number of hydrogen-bond acceptors (Lipinski definition) is 2. The van der Waals surface area contributed by atoms with Gasteiger partial charge in [-0.2, -0.15) is 0 Å². The van der Waals surface area contributed by atoms with Crippen LogP contribution in [0.5, 0.6) is 0 Å². The second kappa shape index (κ2) is 5.48. The Morgan fingerprint density at radius 2 is 1.79 bits per heavy atom. The van der Waals surface area contributed by atoms with E-state index in [2.05, 4.69) is 5.32 Å². The predicted octanol–water partition coefficient (Wildman–Crippen LogP) is 2.48. The predicted molar refractivity (Wildman–Crippen MR) is 68.4 cm³/mol. The molecule has 98 valence electrons. The van der Waals surface area contributed by atoms with E-state index >= 15 is 0 Å². The summed E-state index contributed by atoms with van der Waals surface area (Å²) in [5, 5.41) is 2.57. The highest BCUT2D eigenvalue weighted by molar-refractivity contribution is 5.94. The van der Waals surface area contributed by atoms with Crippen molar-refractivity contribution in [2.24, 2.45) is 0 Å². The normalized spacial score (nSPS) is 10.2. The van der Waals surface area contributed by atoms with Crippen LogP contribution in [0, 0.1) is 11.6 Å². The van der Waals surface area contributed by atoms with Gasteiger partial charge in [-0.05, 0) is 29.8 Å². The largest absolute Gasteiger partial charge is 0.399 e. The van der Waals surface area contributed by atoms with Crippen molar-refractivity contribution in [3.8, 4) is 0 Å². The first-order chi connectivity index (χ1) is 9.04. The Bertz CT molecular complexity index is 594. The SMILES string of the molecule is Nc1cccc(CNC(=O)c2cc(F)cc(F)c2)c1. The molecule has 2 rings (SSSR count). The van der Waals surface area contributed by atoms with Crippen molar-refractivity contribution in [2.45, 2.75) is 6.54 Å². The van der Waals surface area contributed by atoms with E-state index in [-0.39, 0.29) is 12.1 Å². The van der Waals surface area contributed by atoms with Crippen LogP contribution < -0.4 is 11.1 Å². The van der Waals surface area contributed by atoms with Crippen LogP contribution >= 0.6 is 0 Å². The Labute approximate surface area is 109 Å². The average molecular weight is 262 g/mol. The van der Waals surface area contributed by atoms with E-state index in [1.807, 2.05) is 0 Å². The minimum atomic E-state index is -0.783. The van der Waals surface area contributed by atoms with Gasteiger partial charge in [-0.1, -0.05) is 12.1 Å². The zero-order valence-corrected chi connectivity index (χ0v) is 9.99. The summed E-state index contributed by atoms with van der Waals surface area (Å²) in [7, 11) is 0. The number of nitrogens with one attached hydrogen (secondary N) is 1. The summed E-state index contributed by atoms with van der Waals surface area (Å²) in [4.78, 5) is 11.7. The van der Waals surface area contributed by atoms with Crippen molar-refractivity contribution in [1.29, 1.82) is 0 Å². The van der Waals surface area contributed by atoms with Gasteiger partial charge < -0.3 is 11.1 Å². The summed E-state index contributed by atoms with van der Waals surface area (Å²) in [5.74, 6) is -2.11. The highest BCUT2D eigenvalue weighted by Gasteiger charge is 2.08. The van der Waals surface area contributed by atoms with Crippen LogP contribution in [0.1, 0.15) is 15.9 Å². The monoisotopic (exact) mass is 262 g/mol. The summed E-state index contributed by atoms with van der Waals surface area (Å²) in [6.45, 7) is 0.238. The Morgan fingerprint density at radius 3 is 2.42 bits per heavy atom. The van der Waals surface area contributed by atoms with Crippen LogP contribution in [0.4, 0.5) is 14.5 Å². The zero-order valence-electron chi connectivity index (χ0n) is 9.99. The first-order valence-electron chi connectivity index (χ1n) is 5.63. The molecule has 0 aliphatic heterocycles. The third-order valence-corrected chi connectivity index (χ3v) is 2.53. The van der Waals surface area contributed by atoms with Crippen molar-refractivity contribution in [1.82, 2.24) is 5.32 Å². The molecule has 0 aliphatic carbocycles. The number of rotatable bonds is 3. The summed E-state index contributed by atoms with van der Waals surface area (Å²) < 4.78 is 25.9. The van der Waals surface area contributed by atoms with Gasteiger partial charge in [0.15, 0.2) is 0 Å². The molecule has 0 saturated heterocycles. The second-order valence-corrected chi connectivity index (χ2v) is 4.09. The fraction of sp³-hybridized carbons (Fsp3) is 0.0714. The molecule has 3 N–H and O–H groups in total. The van der Waals surface area contributed by atoms with Crippen molar-refractivity contribution < 1.29 is 13.6 Å². The Kier molecular flexibility index (Phi) is 3.75. The summed E-state index contributed by atoms with van der Waals surface area (Å²) in [6.07, 6.45) is 0. The Morgan fingerprint density at radius 1 is 1.11 bits per heavy atom. The number of anilines is 1. The van der Waals surface area contributed by atoms with Crippen LogP contribution in [0.2, 0.25) is 0 Å². The van der Waals surface area contributed by atoms with Gasteiger partial charge >= 0.3 is 0 Å².